The number of rotatable bonds is 5. The number of carbonyl (C=O) groups is 2. The Morgan fingerprint density at radius 1 is 1.24 bits per heavy atom. The van der Waals surface area contributed by atoms with E-state index < -0.39 is 6.10 Å². The van der Waals surface area contributed by atoms with Crippen molar-refractivity contribution in [3.63, 3.8) is 0 Å². The Kier molecular flexibility index (Phi) is 5.31. The maximum absolute atomic E-state index is 12.7. The number of imidazole rings is 1. The minimum Gasteiger partial charge on any atom is -0.368 e. The van der Waals surface area contributed by atoms with E-state index in [1.165, 1.54) is 0 Å². The van der Waals surface area contributed by atoms with Gasteiger partial charge in [0.15, 0.2) is 0 Å². The summed E-state index contributed by atoms with van der Waals surface area (Å²) < 4.78 is 7.37. The highest BCUT2D eigenvalue weighted by molar-refractivity contribution is 6.00. The number of hydrogen-bond acceptors (Lipinski definition) is 4. The first kappa shape index (κ1) is 19.1. The smallest absolute Gasteiger partial charge is 0.253 e. The number of ether oxygens (including phenoxy) is 1. The lowest BCUT2D eigenvalue weighted by Crippen LogP contribution is -2.28. The first-order valence-corrected chi connectivity index (χ1v) is 9.76. The van der Waals surface area contributed by atoms with Gasteiger partial charge in [-0.1, -0.05) is 12.1 Å². The van der Waals surface area contributed by atoms with Gasteiger partial charge in [0.05, 0.1) is 12.2 Å². The van der Waals surface area contributed by atoms with Crippen LogP contribution in [-0.2, 0) is 16.1 Å². The van der Waals surface area contributed by atoms with Gasteiger partial charge in [-0.15, -0.1) is 0 Å². The molecule has 150 valence electrons. The van der Waals surface area contributed by atoms with Crippen LogP contribution in [0.4, 0.5) is 5.69 Å². The summed E-state index contributed by atoms with van der Waals surface area (Å²) in [5, 5.41) is 5.81. The normalized spacial score (nSPS) is 16.1. The zero-order valence-electron chi connectivity index (χ0n) is 16.6. The van der Waals surface area contributed by atoms with Gasteiger partial charge in [-0.2, -0.15) is 0 Å². The average molecular weight is 392 g/mol. The molecule has 1 fully saturated rings. The van der Waals surface area contributed by atoms with E-state index in [0.717, 1.165) is 35.3 Å². The van der Waals surface area contributed by atoms with Crippen LogP contribution in [0.2, 0.25) is 0 Å². The lowest BCUT2D eigenvalue weighted by atomic mass is 10.1. The molecule has 1 aliphatic heterocycles. The Morgan fingerprint density at radius 3 is 2.86 bits per heavy atom. The van der Waals surface area contributed by atoms with Gasteiger partial charge in [0.25, 0.3) is 11.8 Å². The van der Waals surface area contributed by atoms with Crippen LogP contribution >= 0.6 is 0 Å². The van der Waals surface area contributed by atoms with Crippen LogP contribution in [0.25, 0.3) is 5.65 Å². The summed E-state index contributed by atoms with van der Waals surface area (Å²) in [4.78, 5) is 29.6. The van der Waals surface area contributed by atoms with E-state index in [9.17, 15) is 9.59 Å². The second kappa shape index (κ2) is 8.05. The standard InChI is InChI=1S/C22H24N4O3/c1-14-6-4-10-26-13-16(24-20(14)26)12-23-21(27)17-7-3-8-18(15(17)2)25-22(28)19-9-5-11-29-19/h3-4,6-8,10,13,19H,5,9,11-12H2,1-2H3,(H,23,27)(H,25,28). The van der Waals surface area contributed by atoms with Crippen LogP contribution in [0.15, 0.2) is 42.7 Å². The van der Waals surface area contributed by atoms with Crippen molar-refractivity contribution in [3.8, 4) is 0 Å². The van der Waals surface area contributed by atoms with Gasteiger partial charge in [0.2, 0.25) is 0 Å². The highest BCUT2D eigenvalue weighted by atomic mass is 16.5. The largest absolute Gasteiger partial charge is 0.368 e. The number of carbonyl (C=O) groups excluding carboxylic acids is 2. The SMILES string of the molecule is Cc1c(NC(=O)C2CCCO2)cccc1C(=O)NCc1cn2cccc(C)c2n1. The number of pyridine rings is 1. The number of nitrogens with one attached hydrogen (secondary N) is 2. The zero-order valence-corrected chi connectivity index (χ0v) is 16.6. The molecule has 4 rings (SSSR count). The first-order chi connectivity index (χ1) is 14.0. The number of fused-ring (bicyclic) bond motifs is 1. The van der Waals surface area contributed by atoms with Gasteiger partial charge in [-0.3, -0.25) is 9.59 Å². The van der Waals surface area contributed by atoms with E-state index in [1.54, 1.807) is 18.2 Å². The van der Waals surface area contributed by atoms with E-state index in [0.29, 0.717) is 24.4 Å². The summed E-state index contributed by atoms with van der Waals surface area (Å²) >= 11 is 0. The van der Waals surface area contributed by atoms with Crippen LogP contribution in [0.5, 0.6) is 0 Å². The second-order valence-electron chi connectivity index (χ2n) is 7.31. The van der Waals surface area contributed by atoms with Crippen molar-refractivity contribution in [1.82, 2.24) is 14.7 Å². The van der Waals surface area contributed by atoms with Crippen molar-refractivity contribution in [3.05, 3.63) is 65.1 Å². The third kappa shape index (κ3) is 4.00. The summed E-state index contributed by atoms with van der Waals surface area (Å²) in [5.41, 5.74) is 4.62. The van der Waals surface area contributed by atoms with Crippen molar-refractivity contribution in [2.45, 2.75) is 39.3 Å². The third-order valence-corrected chi connectivity index (χ3v) is 5.22. The maximum Gasteiger partial charge on any atom is 0.253 e. The van der Waals surface area contributed by atoms with Gasteiger partial charge < -0.3 is 19.8 Å². The molecule has 29 heavy (non-hydrogen) atoms. The van der Waals surface area contributed by atoms with Crippen molar-refractivity contribution in [1.29, 1.82) is 0 Å². The molecule has 1 aromatic carbocycles. The minimum absolute atomic E-state index is 0.164. The van der Waals surface area contributed by atoms with Crippen molar-refractivity contribution in [2.75, 3.05) is 11.9 Å². The van der Waals surface area contributed by atoms with Gasteiger partial charge in [-0.05, 0) is 56.0 Å². The van der Waals surface area contributed by atoms with Crippen molar-refractivity contribution in [2.24, 2.45) is 0 Å². The molecular formula is C22H24N4O3. The van der Waals surface area contributed by atoms with Crippen molar-refractivity contribution >= 4 is 23.1 Å². The fourth-order valence-corrected chi connectivity index (χ4v) is 3.57. The number of benzene rings is 1. The maximum atomic E-state index is 12.7. The highest BCUT2D eigenvalue weighted by Gasteiger charge is 2.24. The van der Waals surface area contributed by atoms with E-state index in [1.807, 2.05) is 42.8 Å². The molecule has 1 atom stereocenters. The molecule has 3 aromatic rings. The van der Waals surface area contributed by atoms with Crippen LogP contribution in [-0.4, -0.2) is 33.9 Å². The first-order valence-electron chi connectivity index (χ1n) is 9.76. The number of aromatic nitrogens is 2. The number of hydrogen-bond donors (Lipinski definition) is 2. The Balaban J connectivity index is 1.45. The highest BCUT2D eigenvalue weighted by Crippen LogP contribution is 2.21. The molecule has 0 saturated carbocycles. The Hall–Kier alpha value is -3.19. The number of anilines is 1. The van der Waals surface area contributed by atoms with Crippen LogP contribution in [0.1, 0.15) is 40.0 Å². The summed E-state index contributed by atoms with van der Waals surface area (Å²) in [6.07, 6.45) is 5.05. The topological polar surface area (TPSA) is 84.7 Å². The van der Waals surface area contributed by atoms with Crippen LogP contribution < -0.4 is 10.6 Å². The molecule has 1 unspecified atom stereocenters. The molecule has 2 N–H and O–H groups in total. The Bertz CT molecular complexity index is 1070. The molecule has 3 heterocycles. The fourth-order valence-electron chi connectivity index (χ4n) is 3.57. The lowest BCUT2D eigenvalue weighted by Gasteiger charge is -2.14. The number of amides is 2. The minimum atomic E-state index is -0.412. The summed E-state index contributed by atoms with van der Waals surface area (Å²) in [6, 6.07) is 9.28. The molecule has 7 nitrogen and oxygen atoms in total. The molecule has 1 aliphatic rings. The predicted octanol–water partition coefficient (Wildman–Crippen LogP) is 3.00. The Morgan fingerprint density at radius 2 is 2.10 bits per heavy atom. The van der Waals surface area contributed by atoms with E-state index in [-0.39, 0.29) is 11.8 Å². The van der Waals surface area contributed by atoms with E-state index in [4.69, 9.17) is 4.74 Å². The van der Waals surface area contributed by atoms with Gasteiger partial charge in [0, 0.05) is 30.3 Å². The Labute approximate surface area is 169 Å². The quantitative estimate of drug-likeness (QED) is 0.699. The predicted molar refractivity (Wildman–Crippen MR) is 110 cm³/mol. The number of aryl methyl sites for hydroxylation is 1. The third-order valence-electron chi connectivity index (χ3n) is 5.22. The molecule has 2 amide bonds. The molecule has 0 spiro atoms. The second-order valence-corrected chi connectivity index (χ2v) is 7.31. The fraction of sp³-hybridized carbons (Fsp3) is 0.318. The van der Waals surface area contributed by atoms with Crippen LogP contribution in [0, 0.1) is 13.8 Å². The number of nitrogens with zero attached hydrogens (tertiary/aromatic N) is 2. The van der Waals surface area contributed by atoms with Gasteiger partial charge >= 0.3 is 0 Å². The molecule has 7 heteroatoms. The summed E-state index contributed by atoms with van der Waals surface area (Å²) in [6.45, 7) is 4.77. The molecule has 0 radical (unpaired) electrons. The van der Waals surface area contributed by atoms with Gasteiger partial charge in [0.1, 0.15) is 11.8 Å². The van der Waals surface area contributed by atoms with E-state index >= 15 is 0 Å². The van der Waals surface area contributed by atoms with E-state index in [2.05, 4.69) is 15.6 Å². The summed E-state index contributed by atoms with van der Waals surface area (Å²) in [7, 11) is 0. The molecule has 0 bridgehead atoms. The zero-order chi connectivity index (χ0) is 20.4. The molecule has 0 aliphatic carbocycles. The molecule has 2 aromatic heterocycles. The molecule has 1 saturated heterocycles. The molecular weight excluding hydrogens is 368 g/mol. The average Bonchev–Trinajstić information content (AvgIpc) is 3.38. The van der Waals surface area contributed by atoms with Gasteiger partial charge in [-0.25, -0.2) is 4.98 Å². The summed E-state index contributed by atoms with van der Waals surface area (Å²) in [5.74, 6) is -0.368. The van der Waals surface area contributed by atoms with Crippen LogP contribution in [0.3, 0.4) is 0 Å². The van der Waals surface area contributed by atoms with Crippen molar-refractivity contribution < 1.29 is 14.3 Å². The lowest BCUT2D eigenvalue weighted by molar-refractivity contribution is -0.124. The monoisotopic (exact) mass is 392 g/mol.